The third-order valence-electron chi connectivity index (χ3n) is 4.05. The maximum Gasteiger partial charge on any atom is 0.395 e. The predicted molar refractivity (Wildman–Crippen MR) is 102 cm³/mol. The normalized spacial score (nSPS) is 11.2. The molecule has 0 spiro atoms. The Morgan fingerprint density at radius 2 is 1.93 bits per heavy atom. The molecule has 0 aliphatic carbocycles. The van der Waals surface area contributed by atoms with Gasteiger partial charge in [0.25, 0.3) is 5.88 Å². The zero-order valence-corrected chi connectivity index (χ0v) is 15.2. The first kappa shape index (κ1) is 18.4. The van der Waals surface area contributed by atoms with Gasteiger partial charge in [-0.3, -0.25) is 14.9 Å². The van der Waals surface area contributed by atoms with E-state index in [1.165, 1.54) is 6.08 Å². The lowest BCUT2D eigenvalue weighted by Crippen LogP contribution is -2.14. The van der Waals surface area contributed by atoms with Gasteiger partial charge in [0.05, 0.1) is 4.92 Å². The molecule has 2 heterocycles. The monoisotopic (exact) mass is 386 g/mol. The molecule has 0 bridgehead atoms. The predicted octanol–water partition coefficient (Wildman–Crippen LogP) is 3.62. The van der Waals surface area contributed by atoms with E-state index in [0.717, 1.165) is 22.6 Å². The Morgan fingerprint density at radius 3 is 2.52 bits per heavy atom. The Labute approximate surface area is 158 Å². The molecule has 0 amide bonds. The van der Waals surface area contributed by atoms with Gasteiger partial charge in [-0.05, 0) is 61.9 Å². The molecule has 3 aromatic rings. The highest BCUT2D eigenvalue weighted by Crippen LogP contribution is 2.24. The van der Waals surface area contributed by atoms with E-state index >= 15 is 0 Å². The van der Waals surface area contributed by atoms with E-state index in [-0.39, 0.29) is 5.82 Å². The van der Waals surface area contributed by atoms with Gasteiger partial charge in [0.1, 0.15) is 5.82 Å². The quantitative estimate of drug-likeness (QED) is 0.525. The van der Waals surface area contributed by atoms with Crippen LogP contribution >= 0.6 is 11.6 Å². The van der Waals surface area contributed by atoms with Crippen LogP contribution in [0.5, 0.6) is 5.88 Å². The van der Waals surface area contributed by atoms with Gasteiger partial charge in [-0.1, -0.05) is 11.6 Å². The third-order valence-corrected chi connectivity index (χ3v) is 4.31. The number of aromatic hydroxyl groups is 1. The maximum atomic E-state index is 11.7. The molecule has 0 saturated heterocycles. The molecule has 2 N–H and O–H groups in total. The van der Waals surface area contributed by atoms with Crippen molar-refractivity contribution in [2.45, 2.75) is 13.8 Å². The van der Waals surface area contributed by atoms with Gasteiger partial charge >= 0.3 is 11.2 Å². The minimum Gasteiger partial charge on any atom is -0.488 e. The Balaban J connectivity index is 1.97. The van der Waals surface area contributed by atoms with E-state index in [4.69, 9.17) is 11.6 Å². The average molecular weight is 387 g/mol. The van der Waals surface area contributed by atoms with Crippen molar-refractivity contribution in [3.63, 3.8) is 0 Å². The summed E-state index contributed by atoms with van der Waals surface area (Å²) in [6, 6.07) is 9.37. The summed E-state index contributed by atoms with van der Waals surface area (Å²) >= 11 is 5.94. The van der Waals surface area contributed by atoms with E-state index in [1.54, 1.807) is 18.2 Å². The third kappa shape index (κ3) is 3.61. The van der Waals surface area contributed by atoms with Crippen LogP contribution in [0.2, 0.25) is 5.02 Å². The van der Waals surface area contributed by atoms with Crippen molar-refractivity contribution in [2.24, 2.45) is 0 Å². The molecule has 1 aromatic carbocycles. The summed E-state index contributed by atoms with van der Waals surface area (Å²) in [7, 11) is 0. The summed E-state index contributed by atoms with van der Waals surface area (Å²) in [5.74, 6) is -0.908. The SMILES string of the molecule is Cc1cc(/C=C/c2nc(O)c([N+](=O)[O-])c(=O)[nH]2)c(C)n1-c1ccc(Cl)cc1. The topological polar surface area (TPSA) is 114 Å². The lowest BCUT2D eigenvalue weighted by Gasteiger charge is -2.09. The number of aromatic amines is 1. The smallest absolute Gasteiger partial charge is 0.395 e. The van der Waals surface area contributed by atoms with Crippen molar-refractivity contribution < 1.29 is 10.0 Å². The van der Waals surface area contributed by atoms with E-state index in [0.29, 0.717) is 5.02 Å². The zero-order valence-electron chi connectivity index (χ0n) is 14.4. The summed E-state index contributed by atoms with van der Waals surface area (Å²) in [6.45, 7) is 3.89. The Morgan fingerprint density at radius 1 is 1.26 bits per heavy atom. The van der Waals surface area contributed by atoms with Crippen molar-refractivity contribution in [1.82, 2.24) is 14.5 Å². The largest absolute Gasteiger partial charge is 0.488 e. The number of nitrogens with zero attached hydrogens (tertiary/aromatic N) is 3. The lowest BCUT2D eigenvalue weighted by molar-refractivity contribution is -0.387. The second kappa shape index (κ2) is 7.08. The molecule has 8 nitrogen and oxygen atoms in total. The summed E-state index contributed by atoms with van der Waals surface area (Å²) in [6.07, 6.45) is 3.18. The molecule has 9 heteroatoms. The van der Waals surface area contributed by atoms with Crippen LogP contribution in [-0.2, 0) is 0 Å². The van der Waals surface area contributed by atoms with Crippen LogP contribution in [0, 0.1) is 24.0 Å². The van der Waals surface area contributed by atoms with Crippen LogP contribution in [0.1, 0.15) is 22.8 Å². The molecule has 0 fully saturated rings. The van der Waals surface area contributed by atoms with Crippen molar-refractivity contribution in [3.05, 3.63) is 78.6 Å². The number of halogens is 1. The van der Waals surface area contributed by atoms with Crippen molar-refractivity contribution in [2.75, 3.05) is 0 Å². The average Bonchev–Trinajstić information content (AvgIpc) is 2.87. The highest BCUT2D eigenvalue weighted by atomic mass is 35.5. The van der Waals surface area contributed by atoms with Crippen LogP contribution in [0.15, 0.2) is 35.1 Å². The molecule has 0 atom stereocenters. The molecule has 0 aliphatic rings. The molecular weight excluding hydrogens is 372 g/mol. The number of aryl methyl sites for hydroxylation is 1. The van der Waals surface area contributed by atoms with Crippen LogP contribution < -0.4 is 5.56 Å². The standard InChI is InChI=1S/C18H15ClN4O4/c1-10-9-12(11(2)22(10)14-6-4-13(19)5-7-14)3-8-15-20-17(24)16(23(26)27)18(25)21-15/h3-9H,1-2H3,(H2,20,21,24,25)/b8-3+. The molecule has 27 heavy (non-hydrogen) atoms. The summed E-state index contributed by atoms with van der Waals surface area (Å²) in [5.41, 5.74) is 1.75. The van der Waals surface area contributed by atoms with Gasteiger partial charge in [0, 0.05) is 22.1 Å². The van der Waals surface area contributed by atoms with Gasteiger partial charge < -0.3 is 14.7 Å². The Bertz CT molecular complexity index is 1110. The second-order valence-electron chi connectivity index (χ2n) is 5.85. The van der Waals surface area contributed by atoms with Crippen LogP contribution in [-0.4, -0.2) is 24.6 Å². The van der Waals surface area contributed by atoms with E-state index in [9.17, 15) is 20.0 Å². The minimum atomic E-state index is -1.02. The summed E-state index contributed by atoms with van der Waals surface area (Å²) in [5, 5.41) is 21.0. The number of aromatic nitrogens is 3. The highest BCUT2D eigenvalue weighted by molar-refractivity contribution is 6.30. The van der Waals surface area contributed by atoms with Gasteiger partial charge in [-0.15, -0.1) is 0 Å². The zero-order chi connectivity index (χ0) is 19.7. The second-order valence-corrected chi connectivity index (χ2v) is 6.29. The fourth-order valence-corrected chi connectivity index (χ4v) is 2.95. The van der Waals surface area contributed by atoms with Gasteiger partial charge in [0.15, 0.2) is 0 Å². The molecule has 0 unspecified atom stereocenters. The van der Waals surface area contributed by atoms with Crippen molar-refractivity contribution in [1.29, 1.82) is 0 Å². The summed E-state index contributed by atoms with van der Waals surface area (Å²) < 4.78 is 2.04. The number of rotatable bonds is 4. The first-order chi connectivity index (χ1) is 12.8. The van der Waals surface area contributed by atoms with Crippen molar-refractivity contribution >= 4 is 29.4 Å². The molecule has 0 radical (unpaired) electrons. The van der Waals surface area contributed by atoms with E-state index in [1.807, 2.05) is 36.6 Å². The number of nitrogens with one attached hydrogen (secondary N) is 1. The molecule has 0 aliphatic heterocycles. The fourth-order valence-electron chi connectivity index (χ4n) is 2.83. The maximum absolute atomic E-state index is 11.7. The fraction of sp³-hybridized carbons (Fsp3) is 0.111. The molecule has 2 aromatic heterocycles. The first-order valence-electron chi connectivity index (χ1n) is 7.88. The summed E-state index contributed by atoms with van der Waals surface area (Å²) in [4.78, 5) is 27.4. The molecule has 3 rings (SSSR count). The number of hydrogen-bond acceptors (Lipinski definition) is 5. The van der Waals surface area contributed by atoms with Crippen LogP contribution in [0.3, 0.4) is 0 Å². The van der Waals surface area contributed by atoms with Gasteiger partial charge in [-0.25, -0.2) is 0 Å². The van der Waals surface area contributed by atoms with Crippen molar-refractivity contribution in [3.8, 4) is 11.6 Å². The first-order valence-corrected chi connectivity index (χ1v) is 8.26. The number of hydrogen-bond donors (Lipinski definition) is 2. The molecular formula is C18H15ClN4O4. The number of benzene rings is 1. The van der Waals surface area contributed by atoms with Crippen LogP contribution in [0.25, 0.3) is 17.8 Å². The Hall–Kier alpha value is -3.39. The number of nitro groups is 1. The molecule has 0 saturated carbocycles. The van der Waals surface area contributed by atoms with Gasteiger partial charge in [0.2, 0.25) is 0 Å². The highest BCUT2D eigenvalue weighted by Gasteiger charge is 2.21. The lowest BCUT2D eigenvalue weighted by atomic mass is 10.2. The van der Waals surface area contributed by atoms with Gasteiger partial charge in [-0.2, -0.15) is 4.98 Å². The molecule has 138 valence electrons. The van der Waals surface area contributed by atoms with Crippen LogP contribution in [0.4, 0.5) is 5.69 Å². The van der Waals surface area contributed by atoms with E-state index < -0.39 is 22.0 Å². The minimum absolute atomic E-state index is 0.0133. The number of H-pyrrole nitrogens is 1. The van der Waals surface area contributed by atoms with E-state index in [2.05, 4.69) is 9.97 Å². The Kier molecular flexibility index (Phi) is 4.83.